The summed E-state index contributed by atoms with van der Waals surface area (Å²) in [5, 5.41) is 2.78. The molecule has 2 heterocycles. The zero-order valence-electron chi connectivity index (χ0n) is 13.9. The highest BCUT2D eigenvalue weighted by Gasteiger charge is 2.19. The average Bonchev–Trinajstić information content (AvgIpc) is 3.05. The number of amides is 2. The van der Waals surface area contributed by atoms with Crippen LogP contribution in [0, 0.1) is 0 Å². The molecule has 2 aromatic heterocycles. The topological polar surface area (TPSA) is 151 Å². The second kappa shape index (κ2) is 7.05. The largest absolute Gasteiger partial charge is 0.484 e. The average molecular weight is 355 g/mol. The molecular formula is C16H17N7O3. The maximum Gasteiger partial charge on any atom is 0.255 e. The van der Waals surface area contributed by atoms with E-state index in [4.69, 9.17) is 16.2 Å². The van der Waals surface area contributed by atoms with Crippen LogP contribution in [0.15, 0.2) is 36.9 Å². The van der Waals surface area contributed by atoms with Gasteiger partial charge in [0.1, 0.15) is 23.6 Å². The number of nitrogens with zero attached hydrogens (tertiary/aromatic N) is 4. The van der Waals surface area contributed by atoms with Crippen molar-refractivity contribution in [2.24, 2.45) is 5.73 Å². The van der Waals surface area contributed by atoms with E-state index in [1.165, 1.54) is 12.7 Å². The minimum Gasteiger partial charge on any atom is -0.484 e. The molecule has 3 aromatic rings. The first-order chi connectivity index (χ1) is 12.5. The molecule has 0 aliphatic heterocycles. The van der Waals surface area contributed by atoms with Gasteiger partial charge in [0.15, 0.2) is 18.1 Å². The second-order valence-electron chi connectivity index (χ2n) is 5.53. The lowest BCUT2D eigenvalue weighted by atomic mass is 10.2. The van der Waals surface area contributed by atoms with Gasteiger partial charge in [0.25, 0.3) is 5.91 Å². The Kier molecular flexibility index (Phi) is 4.65. The van der Waals surface area contributed by atoms with Crippen LogP contribution in [0.25, 0.3) is 11.2 Å². The van der Waals surface area contributed by atoms with E-state index in [0.717, 1.165) is 0 Å². The number of benzene rings is 1. The fraction of sp³-hybridized carbons (Fsp3) is 0.188. The molecule has 0 saturated heterocycles. The SMILES string of the molecule is CC(C(=O)Nc1cccc(OCC(N)=O)c1)n1cnc2c(N)ncnc21. The number of ether oxygens (including phenoxy) is 1. The van der Waals surface area contributed by atoms with E-state index in [9.17, 15) is 9.59 Å². The predicted octanol–water partition coefficient (Wildman–Crippen LogP) is 0.472. The van der Waals surface area contributed by atoms with Gasteiger partial charge in [-0.25, -0.2) is 15.0 Å². The Balaban J connectivity index is 1.76. The van der Waals surface area contributed by atoms with Crippen molar-refractivity contribution in [1.29, 1.82) is 0 Å². The zero-order valence-corrected chi connectivity index (χ0v) is 13.9. The van der Waals surface area contributed by atoms with Gasteiger partial charge in [-0.15, -0.1) is 0 Å². The molecule has 0 aliphatic carbocycles. The van der Waals surface area contributed by atoms with Crippen molar-refractivity contribution < 1.29 is 14.3 Å². The summed E-state index contributed by atoms with van der Waals surface area (Å²) in [5.41, 5.74) is 12.2. The first-order valence-electron chi connectivity index (χ1n) is 7.70. The molecule has 1 aromatic carbocycles. The van der Waals surface area contributed by atoms with E-state index >= 15 is 0 Å². The van der Waals surface area contributed by atoms with Gasteiger partial charge in [-0.3, -0.25) is 9.59 Å². The van der Waals surface area contributed by atoms with E-state index in [-0.39, 0.29) is 18.3 Å². The van der Waals surface area contributed by atoms with Crippen LogP contribution in [0.3, 0.4) is 0 Å². The van der Waals surface area contributed by atoms with Crippen LogP contribution in [0.2, 0.25) is 0 Å². The van der Waals surface area contributed by atoms with Gasteiger partial charge in [0.2, 0.25) is 5.91 Å². The maximum atomic E-state index is 12.6. The fourth-order valence-electron chi connectivity index (χ4n) is 2.34. The number of anilines is 2. The number of primary amides is 1. The third-order valence-electron chi connectivity index (χ3n) is 3.67. The van der Waals surface area contributed by atoms with Crippen molar-refractivity contribution in [2.75, 3.05) is 17.7 Å². The molecule has 0 spiro atoms. The van der Waals surface area contributed by atoms with Crippen LogP contribution in [-0.2, 0) is 9.59 Å². The molecule has 0 aliphatic rings. The molecule has 0 fully saturated rings. The van der Waals surface area contributed by atoms with Crippen LogP contribution in [-0.4, -0.2) is 37.9 Å². The molecule has 5 N–H and O–H groups in total. The van der Waals surface area contributed by atoms with Crippen molar-refractivity contribution in [3.05, 3.63) is 36.9 Å². The number of fused-ring (bicyclic) bond motifs is 1. The number of rotatable bonds is 6. The molecule has 1 atom stereocenters. The van der Waals surface area contributed by atoms with E-state index < -0.39 is 11.9 Å². The molecule has 1 unspecified atom stereocenters. The lowest BCUT2D eigenvalue weighted by Gasteiger charge is -2.14. The molecule has 0 bridgehead atoms. The number of imidazole rings is 1. The summed E-state index contributed by atoms with van der Waals surface area (Å²) >= 11 is 0. The number of hydrogen-bond donors (Lipinski definition) is 3. The Morgan fingerprint density at radius 1 is 1.31 bits per heavy atom. The lowest BCUT2D eigenvalue weighted by molar-refractivity contribution is -0.120. The highest BCUT2D eigenvalue weighted by atomic mass is 16.5. The quantitative estimate of drug-likeness (QED) is 0.581. The van der Waals surface area contributed by atoms with Crippen molar-refractivity contribution in [1.82, 2.24) is 19.5 Å². The van der Waals surface area contributed by atoms with Gasteiger partial charge in [0, 0.05) is 11.8 Å². The third kappa shape index (κ3) is 3.53. The molecule has 134 valence electrons. The van der Waals surface area contributed by atoms with Gasteiger partial charge in [-0.1, -0.05) is 6.07 Å². The molecule has 3 rings (SSSR count). The van der Waals surface area contributed by atoms with Gasteiger partial charge < -0.3 is 26.1 Å². The van der Waals surface area contributed by atoms with Gasteiger partial charge >= 0.3 is 0 Å². The molecule has 2 amide bonds. The van der Waals surface area contributed by atoms with E-state index in [0.29, 0.717) is 22.6 Å². The standard InChI is InChI=1S/C16H17N7O3/c1-9(23-8-21-13-14(18)19-7-20-15(13)23)16(25)22-10-3-2-4-11(5-10)26-6-12(17)24/h2-5,7-9H,6H2,1H3,(H2,17,24)(H,22,25)(H2,18,19,20). The number of nitrogens with one attached hydrogen (secondary N) is 1. The smallest absolute Gasteiger partial charge is 0.255 e. The highest BCUT2D eigenvalue weighted by molar-refractivity contribution is 5.94. The first-order valence-corrected chi connectivity index (χ1v) is 7.70. The van der Waals surface area contributed by atoms with Crippen molar-refractivity contribution >= 4 is 34.5 Å². The number of aromatic nitrogens is 4. The Morgan fingerprint density at radius 2 is 2.12 bits per heavy atom. The molecular weight excluding hydrogens is 338 g/mol. The number of carbonyl (C=O) groups excluding carboxylic acids is 2. The van der Waals surface area contributed by atoms with Gasteiger partial charge in [-0.2, -0.15) is 0 Å². The third-order valence-corrected chi connectivity index (χ3v) is 3.67. The van der Waals surface area contributed by atoms with Crippen molar-refractivity contribution in [3.63, 3.8) is 0 Å². The summed E-state index contributed by atoms with van der Waals surface area (Å²) in [5.74, 6) is -0.196. The number of carbonyl (C=O) groups is 2. The number of hydrogen-bond acceptors (Lipinski definition) is 7. The Labute approximate surface area is 148 Å². The minimum atomic E-state index is -0.593. The van der Waals surface area contributed by atoms with E-state index in [1.807, 2.05) is 0 Å². The van der Waals surface area contributed by atoms with Crippen LogP contribution in [0.4, 0.5) is 11.5 Å². The zero-order chi connectivity index (χ0) is 18.7. The Morgan fingerprint density at radius 3 is 2.88 bits per heavy atom. The Bertz CT molecular complexity index is 969. The molecule has 10 nitrogen and oxygen atoms in total. The van der Waals surface area contributed by atoms with Crippen LogP contribution >= 0.6 is 0 Å². The summed E-state index contributed by atoms with van der Waals surface area (Å²) < 4.78 is 6.83. The van der Waals surface area contributed by atoms with Crippen molar-refractivity contribution in [2.45, 2.75) is 13.0 Å². The summed E-state index contributed by atoms with van der Waals surface area (Å²) in [4.78, 5) is 35.5. The monoisotopic (exact) mass is 355 g/mol. The van der Waals surface area contributed by atoms with Gasteiger partial charge in [-0.05, 0) is 19.1 Å². The summed E-state index contributed by atoms with van der Waals surface area (Å²) in [7, 11) is 0. The van der Waals surface area contributed by atoms with Crippen molar-refractivity contribution in [3.8, 4) is 5.75 Å². The Hall–Kier alpha value is -3.69. The second-order valence-corrected chi connectivity index (χ2v) is 5.53. The van der Waals surface area contributed by atoms with Gasteiger partial charge in [0.05, 0.1) is 6.33 Å². The molecule has 0 saturated carbocycles. The van der Waals surface area contributed by atoms with Crippen LogP contribution in [0.1, 0.15) is 13.0 Å². The summed E-state index contributed by atoms with van der Waals surface area (Å²) in [6.07, 6.45) is 2.81. The molecule has 10 heteroatoms. The maximum absolute atomic E-state index is 12.6. The molecule has 26 heavy (non-hydrogen) atoms. The first kappa shape index (κ1) is 17.1. The summed E-state index contributed by atoms with van der Waals surface area (Å²) in [6.45, 7) is 1.47. The number of nitrogens with two attached hydrogens (primary N) is 2. The van der Waals surface area contributed by atoms with E-state index in [2.05, 4.69) is 20.3 Å². The lowest BCUT2D eigenvalue weighted by Crippen LogP contribution is -2.23. The van der Waals surface area contributed by atoms with Crippen LogP contribution < -0.4 is 21.5 Å². The molecule has 0 radical (unpaired) electrons. The fourth-order valence-corrected chi connectivity index (χ4v) is 2.34. The predicted molar refractivity (Wildman–Crippen MR) is 94.2 cm³/mol. The van der Waals surface area contributed by atoms with E-state index in [1.54, 1.807) is 35.8 Å². The highest BCUT2D eigenvalue weighted by Crippen LogP contribution is 2.21. The number of nitrogen functional groups attached to an aromatic ring is 1. The van der Waals surface area contributed by atoms with Crippen LogP contribution in [0.5, 0.6) is 5.75 Å². The normalized spacial score (nSPS) is 11.9. The minimum absolute atomic E-state index is 0.240. The summed E-state index contributed by atoms with van der Waals surface area (Å²) in [6, 6.07) is 6.06.